The van der Waals surface area contributed by atoms with E-state index in [9.17, 15) is 13.2 Å². The zero-order chi connectivity index (χ0) is 12.0. The third-order valence-corrected chi connectivity index (χ3v) is 3.75. The van der Waals surface area contributed by atoms with Gasteiger partial charge in [0.2, 0.25) is 0 Å². The summed E-state index contributed by atoms with van der Waals surface area (Å²) in [6.45, 7) is 1.04. The maximum atomic E-state index is 11.8. The van der Waals surface area contributed by atoms with Gasteiger partial charge in [-0.2, -0.15) is 13.2 Å². The van der Waals surface area contributed by atoms with Crippen LogP contribution in [0.25, 0.3) is 0 Å². The first kappa shape index (κ1) is 14.2. The second-order valence-electron chi connectivity index (χ2n) is 3.00. The van der Waals surface area contributed by atoms with Crippen LogP contribution < -0.4 is 5.32 Å². The van der Waals surface area contributed by atoms with Crippen molar-refractivity contribution in [1.82, 2.24) is 5.32 Å². The number of thioether (sulfide) groups is 1. The first-order chi connectivity index (χ1) is 7.47. The Labute approximate surface area is 105 Å². The van der Waals surface area contributed by atoms with Crippen molar-refractivity contribution < 1.29 is 13.2 Å². The molecule has 0 amide bonds. The molecule has 0 aliphatic carbocycles. The van der Waals surface area contributed by atoms with Crippen molar-refractivity contribution in [3.8, 4) is 0 Å². The van der Waals surface area contributed by atoms with Crippen LogP contribution in [0.4, 0.5) is 13.2 Å². The predicted octanol–water partition coefficient (Wildman–Crippen LogP) is 3.79. The average molecular weight is 290 g/mol. The number of thiophene rings is 1. The van der Waals surface area contributed by atoms with Gasteiger partial charge in [0.15, 0.2) is 0 Å². The summed E-state index contributed by atoms with van der Waals surface area (Å²) < 4.78 is 36.0. The van der Waals surface area contributed by atoms with Crippen molar-refractivity contribution in [2.75, 3.05) is 18.8 Å². The van der Waals surface area contributed by atoms with Crippen LogP contribution in [0.15, 0.2) is 12.1 Å². The SMILES string of the molecule is FC(F)(F)SCCNCCc1ccc(Cl)s1. The van der Waals surface area contributed by atoms with Crippen LogP contribution in [0, 0.1) is 0 Å². The lowest BCUT2D eigenvalue weighted by atomic mass is 10.3. The van der Waals surface area contributed by atoms with Crippen LogP contribution >= 0.6 is 34.7 Å². The highest BCUT2D eigenvalue weighted by molar-refractivity contribution is 8.00. The zero-order valence-electron chi connectivity index (χ0n) is 8.31. The molecule has 0 radical (unpaired) electrons. The van der Waals surface area contributed by atoms with Gasteiger partial charge in [0.05, 0.1) is 4.34 Å². The molecule has 1 heterocycles. The van der Waals surface area contributed by atoms with Crippen molar-refractivity contribution >= 4 is 34.7 Å². The topological polar surface area (TPSA) is 12.0 Å². The number of rotatable bonds is 6. The molecule has 1 N–H and O–H groups in total. The van der Waals surface area contributed by atoms with E-state index in [-0.39, 0.29) is 17.5 Å². The van der Waals surface area contributed by atoms with Crippen molar-refractivity contribution in [2.24, 2.45) is 0 Å². The molecule has 1 aromatic rings. The molecular formula is C9H11ClF3NS2. The number of nitrogens with one attached hydrogen (secondary N) is 1. The van der Waals surface area contributed by atoms with E-state index in [1.165, 1.54) is 11.3 Å². The molecule has 0 unspecified atom stereocenters. The van der Waals surface area contributed by atoms with Crippen LogP contribution in [0.1, 0.15) is 4.88 Å². The van der Waals surface area contributed by atoms with Gasteiger partial charge in [0, 0.05) is 17.2 Å². The highest BCUT2D eigenvalue weighted by Crippen LogP contribution is 2.29. The number of alkyl halides is 3. The van der Waals surface area contributed by atoms with Gasteiger partial charge in [-0.15, -0.1) is 11.3 Å². The molecule has 1 nitrogen and oxygen atoms in total. The monoisotopic (exact) mass is 289 g/mol. The Morgan fingerprint density at radius 3 is 2.62 bits per heavy atom. The van der Waals surface area contributed by atoms with Crippen molar-refractivity contribution in [3.05, 3.63) is 21.3 Å². The minimum Gasteiger partial charge on any atom is -0.316 e. The lowest BCUT2D eigenvalue weighted by molar-refractivity contribution is -0.0327. The fourth-order valence-electron chi connectivity index (χ4n) is 1.06. The molecular weight excluding hydrogens is 279 g/mol. The van der Waals surface area contributed by atoms with Crippen LogP contribution in [-0.2, 0) is 6.42 Å². The molecule has 0 fully saturated rings. The van der Waals surface area contributed by atoms with Crippen LogP contribution in [0.5, 0.6) is 0 Å². The van der Waals surface area contributed by atoms with E-state index in [2.05, 4.69) is 5.32 Å². The van der Waals surface area contributed by atoms with Gasteiger partial charge < -0.3 is 5.32 Å². The Hall–Kier alpha value is 0.0900. The second kappa shape index (κ2) is 6.74. The van der Waals surface area contributed by atoms with E-state index in [1.54, 1.807) is 0 Å². The maximum absolute atomic E-state index is 11.8. The lowest BCUT2D eigenvalue weighted by Crippen LogP contribution is -2.21. The van der Waals surface area contributed by atoms with E-state index in [0.717, 1.165) is 15.6 Å². The van der Waals surface area contributed by atoms with Gasteiger partial charge in [0.1, 0.15) is 0 Å². The van der Waals surface area contributed by atoms with Crippen molar-refractivity contribution in [1.29, 1.82) is 0 Å². The Bertz CT molecular complexity index is 314. The van der Waals surface area contributed by atoms with Crippen molar-refractivity contribution in [2.45, 2.75) is 11.9 Å². The number of hydrogen-bond donors (Lipinski definition) is 1. The predicted molar refractivity (Wildman–Crippen MR) is 64.4 cm³/mol. The summed E-state index contributed by atoms with van der Waals surface area (Å²) >= 11 is 7.24. The molecule has 92 valence electrons. The number of hydrogen-bond acceptors (Lipinski definition) is 3. The zero-order valence-corrected chi connectivity index (χ0v) is 10.7. The molecule has 0 aromatic carbocycles. The molecule has 0 spiro atoms. The smallest absolute Gasteiger partial charge is 0.316 e. The molecule has 0 aliphatic rings. The van der Waals surface area contributed by atoms with E-state index in [4.69, 9.17) is 11.6 Å². The minimum absolute atomic E-state index is 0.00293. The first-order valence-electron chi connectivity index (χ1n) is 4.63. The summed E-state index contributed by atoms with van der Waals surface area (Å²) in [7, 11) is 0. The van der Waals surface area contributed by atoms with Gasteiger partial charge in [0.25, 0.3) is 0 Å². The molecule has 0 saturated heterocycles. The second-order valence-corrected chi connectivity index (χ2v) is 5.96. The third kappa shape index (κ3) is 6.62. The van der Waals surface area contributed by atoms with Crippen LogP contribution in [0.2, 0.25) is 4.34 Å². The quantitative estimate of drug-likeness (QED) is 0.800. The van der Waals surface area contributed by atoms with E-state index >= 15 is 0 Å². The standard InChI is InChI=1S/C9H11ClF3NS2/c10-8-2-1-7(16-8)3-4-14-5-6-15-9(11,12)13/h1-2,14H,3-6H2. The summed E-state index contributed by atoms with van der Waals surface area (Å²) in [6, 6.07) is 3.75. The summed E-state index contributed by atoms with van der Waals surface area (Å²) in [5.41, 5.74) is -4.12. The highest BCUT2D eigenvalue weighted by Gasteiger charge is 2.27. The molecule has 7 heteroatoms. The van der Waals surface area contributed by atoms with E-state index < -0.39 is 5.51 Å². The van der Waals surface area contributed by atoms with Gasteiger partial charge in [-0.1, -0.05) is 11.6 Å². The van der Waals surface area contributed by atoms with Crippen LogP contribution in [-0.4, -0.2) is 24.4 Å². The Morgan fingerprint density at radius 2 is 2.06 bits per heavy atom. The van der Waals surface area contributed by atoms with Crippen molar-refractivity contribution in [3.63, 3.8) is 0 Å². The molecule has 1 rings (SSSR count). The van der Waals surface area contributed by atoms with Gasteiger partial charge in [-0.25, -0.2) is 0 Å². The summed E-state index contributed by atoms with van der Waals surface area (Å²) in [6.07, 6.45) is 0.800. The molecule has 0 bridgehead atoms. The fraction of sp³-hybridized carbons (Fsp3) is 0.556. The van der Waals surface area contributed by atoms with Crippen LogP contribution in [0.3, 0.4) is 0 Å². The largest absolute Gasteiger partial charge is 0.441 e. The average Bonchev–Trinajstić information content (AvgIpc) is 2.56. The van der Waals surface area contributed by atoms with Gasteiger partial charge in [-0.3, -0.25) is 0 Å². The molecule has 0 aliphatic heterocycles. The first-order valence-corrected chi connectivity index (χ1v) is 6.81. The maximum Gasteiger partial charge on any atom is 0.441 e. The summed E-state index contributed by atoms with van der Waals surface area (Å²) in [4.78, 5) is 1.14. The van der Waals surface area contributed by atoms with E-state index in [0.29, 0.717) is 13.1 Å². The molecule has 0 atom stereocenters. The Morgan fingerprint density at radius 1 is 1.31 bits per heavy atom. The molecule has 0 saturated carbocycles. The third-order valence-electron chi connectivity index (χ3n) is 1.72. The van der Waals surface area contributed by atoms with Gasteiger partial charge >= 0.3 is 5.51 Å². The fourth-order valence-corrected chi connectivity index (χ4v) is 2.63. The normalized spacial score (nSPS) is 12.0. The Balaban J connectivity index is 2.00. The highest BCUT2D eigenvalue weighted by atomic mass is 35.5. The molecule has 1 aromatic heterocycles. The molecule has 16 heavy (non-hydrogen) atoms. The van der Waals surface area contributed by atoms with Gasteiger partial charge in [-0.05, 0) is 36.9 Å². The lowest BCUT2D eigenvalue weighted by Gasteiger charge is -2.06. The number of halogens is 4. The summed E-state index contributed by atoms with van der Waals surface area (Å²) in [5.74, 6) is 0.0503. The Kier molecular flexibility index (Phi) is 5.96. The summed E-state index contributed by atoms with van der Waals surface area (Å²) in [5, 5.41) is 2.96. The minimum atomic E-state index is -4.12. The van der Waals surface area contributed by atoms with E-state index in [1.807, 2.05) is 12.1 Å².